The lowest BCUT2D eigenvalue weighted by Gasteiger charge is -2.29. The predicted octanol–water partition coefficient (Wildman–Crippen LogP) is 3.23. The minimum absolute atomic E-state index is 0.00295. The first-order chi connectivity index (χ1) is 13.9. The molecule has 2 aromatic rings. The molecule has 3 rings (SSSR count). The minimum Gasteiger partial charge on any atom is -0.336 e. The smallest absolute Gasteiger partial charge is 0.243 e. The van der Waals surface area contributed by atoms with Crippen molar-refractivity contribution in [2.75, 3.05) is 36.1 Å². The zero-order valence-electron chi connectivity index (χ0n) is 16.9. The molecule has 0 aliphatic carbocycles. The fraction of sp³-hybridized carbons (Fsp3) is 0.318. The molecule has 1 N–H and O–H groups in total. The Kier molecular flexibility index (Phi) is 6.59. The Balaban J connectivity index is 1.55. The van der Waals surface area contributed by atoms with Gasteiger partial charge in [-0.1, -0.05) is 24.3 Å². The van der Waals surface area contributed by atoms with Crippen LogP contribution in [0, 0.1) is 13.8 Å². The van der Waals surface area contributed by atoms with Crippen LogP contribution in [-0.4, -0.2) is 48.5 Å². The number of thioether (sulfide) groups is 1. The van der Waals surface area contributed by atoms with Crippen LogP contribution in [0.25, 0.3) is 0 Å². The van der Waals surface area contributed by atoms with Gasteiger partial charge in [0.2, 0.25) is 17.7 Å². The quantitative estimate of drug-likeness (QED) is 0.792. The normalized spacial score (nSPS) is 13.1. The van der Waals surface area contributed by atoms with E-state index in [-0.39, 0.29) is 30.7 Å². The largest absolute Gasteiger partial charge is 0.336 e. The van der Waals surface area contributed by atoms with Gasteiger partial charge in [0.15, 0.2) is 0 Å². The molecule has 1 aliphatic heterocycles. The highest BCUT2D eigenvalue weighted by atomic mass is 32.2. The van der Waals surface area contributed by atoms with Crippen LogP contribution in [0.4, 0.5) is 11.4 Å². The maximum Gasteiger partial charge on any atom is 0.243 e. The maximum absolute atomic E-state index is 12.5. The number of anilines is 2. The SMILES string of the molecule is Cc1cccc(NC(=O)CN(C)C(=O)CCN2C(=O)CSc3ccccc32)c1C. The Bertz CT molecular complexity index is 945. The van der Waals surface area contributed by atoms with Crippen molar-refractivity contribution in [1.29, 1.82) is 0 Å². The van der Waals surface area contributed by atoms with Crippen LogP contribution in [0.15, 0.2) is 47.4 Å². The third kappa shape index (κ3) is 4.98. The van der Waals surface area contributed by atoms with Gasteiger partial charge in [-0.25, -0.2) is 0 Å². The Morgan fingerprint density at radius 3 is 2.69 bits per heavy atom. The second-order valence-electron chi connectivity index (χ2n) is 7.10. The van der Waals surface area contributed by atoms with Crippen LogP contribution in [0.2, 0.25) is 0 Å². The first-order valence-corrected chi connectivity index (χ1v) is 10.5. The number of amides is 3. The number of fused-ring (bicyclic) bond motifs is 1. The molecule has 2 aromatic carbocycles. The molecule has 1 heterocycles. The molecular formula is C22H25N3O3S. The molecule has 0 radical (unpaired) electrons. The predicted molar refractivity (Wildman–Crippen MR) is 116 cm³/mol. The number of para-hydroxylation sites is 1. The number of benzene rings is 2. The van der Waals surface area contributed by atoms with Crippen molar-refractivity contribution in [2.45, 2.75) is 25.2 Å². The Morgan fingerprint density at radius 1 is 1.14 bits per heavy atom. The van der Waals surface area contributed by atoms with Gasteiger partial charge < -0.3 is 15.1 Å². The van der Waals surface area contributed by atoms with Crippen LogP contribution < -0.4 is 10.2 Å². The summed E-state index contributed by atoms with van der Waals surface area (Å²) >= 11 is 1.51. The summed E-state index contributed by atoms with van der Waals surface area (Å²) < 4.78 is 0. The van der Waals surface area contributed by atoms with Crippen LogP contribution in [-0.2, 0) is 14.4 Å². The first kappa shape index (κ1) is 20.9. The van der Waals surface area contributed by atoms with Gasteiger partial charge in [-0.15, -0.1) is 11.8 Å². The molecule has 0 saturated heterocycles. The summed E-state index contributed by atoms with van der Waals surface area (Å²) in [5, 5.41) is 2.86. The lowest BCUT2D eigenvalue weighted by atomic mass is 10.1. The van der Waals surface area contributed by atoms with Gasteiger partial charge in [0.25, 0.3) is 0 Å². The van der Waals surface area contributed by atoms with E-state index in [0.717, 1.165) is 27.4 Å². The molecular weight excluding hydrogens is 386 g/mol. The molecule has 7 heteroatoms. The van der Waals surface area contributed by atoms with E-state index in [1.54, 1.807) is 11.9 Å². The van der Waals surface area contributed by atoms with E-state index in [4.69, 9.17) is 0 Å². The first-order valence-electron chi connectivity index (χ1n) is 9.49. The third-order valence-electron chi connectivity index (χ3n) is 5.04. The third-order valence-corrected chi connectivity index (χ3v) is 6.09. The lowest BCUT2D eigenvalue weighted by molar-refractivity contribution is -0.133. The van der Waals surface area contributed by atoms with Crippen molar-refractivity contribution >= 4 is 40.9 Å². The molecule has 29 heavy (non-hydrogen) atoms. The molecule has 0 saturated carbocycles. The average molecular weight is 412 g/mol. The highest BCUT2D eigenvalue weighted by Gasteiger charge is 2.25. The summed E-state index contributed by atoms with van der Waals surface area (Å²) in [7, 11) is 1.60. The molecule has 0 aromatic heterocycles. The second-order valence-corrected chi connectivity index (χ2v) is 8.11. The van der Waals surface area contributed by atoms with Gasteiger partial charge in [-0.2, -0.15) is 0 Å². The Morgan fingerprint density at radius 2 is 1.90 bits per heavy atom. The molecule has 1 aliphatic rings. The van der Waals surface area contributed by atoms with Crippen molar-refractivity contribution in [1.82, 2.24) is 4.90 Å². The minimum atomic E-state index is -0.245. The number of hydrogen-bond donors (Lipinski definition) is 1. The van der Waals surface area contributed by atoms with Gasteiger partial charge in [0.1, 0.15) is 0 Å². The molecule has 0 spiro atoms. The summed E-state index contributed by atoms with van der Waals surface area (Å²) in [6.45, 7) is 4.20. The van der Waals surface area contributed by atoms with E-state index in [9.17, 15) is 14.4 Å². The molecule has 152 valence electrons. The molecule has 6 nitrogen and oxygen atoms in total. The number of hydrogen-bond acceptors (Lipinski definition) is 4. The summed E-state index contributed by atoms with van der Waals surface area (Å²) in [6, 6.07) is 13.4. The van der Waals surface area contributed by atoms with Gasteiger partial charge >= 0.3 is 0 Å². The Labute approximate surface area is 175 Å². The van der Waals surface area contributed by atoms with E-state index in [0.29, 0.717) is 12.3 Å². The number of aryl methyl sites for hydroxylation is 1. The molecule has 0 atom stereocenters. The maximum atomic E-state index is 12.5. The molecule has 0 unspecified atom stereocenters. The van der Waals surface area contributed by atoms with Crippen LogP contribution in [0.5, 0.6) is 0 Å². The summed E-state index contributed by atoms with van der Waals surface area (Å²) in [6.07, 6.45) is 0.165. The summed E-state index contributed by atoms with van der Waals surface area (Å²) in [5.41, 5.74) is 3.70. The average Bonchev–Trinajstić information content (AvgIpc) is 2.70. The molecule has 0 bridgehead atoms. The topological polar surface area (TPSA) is 69.7 Å². The van der Waals surface area contributed by atoms with Crippen molar-refractivity contribution in [3.8, 4) is 0 Å². The summed E-state index contributed by atoms with van der Waals surface area (Å²) in [4.78, 5) is 41.3. The van der Waals surface area contributed by atoms with Gasteiger partial charge in [-0.05, 0) is 43.2 Å². The van der Waals surface area contributed by atoms with Crippen molar-refractivity contribution in [2.24, 2.45) is 0 Å². The highest BCUT2D eigenvalue weighted by molar-refractivity contribution is 8.00. The lowest BCUT2D eigenvalue weighted by Crippen LogP contribution is -2.40. The fourth-order valence-corrected chi connectivity index (χ4v) is 4.11. The van der Waals surface area contributed by atoms with E-state index in [1.165, 1.54) is 16.7 Å². The number of rotatable bonds is 6. The monoisotopic (exact) mass is 411 g/mol. The van der Waals surface area contributed by atoms with Crippen LogP contribution >= 0.6 is 11.8 Å². The van der Waals surface area contributed by atoms with Gasteiger partial charge in [0.05, 0.1) is 18.0 Å². The Hall–Kier alpha value is -2.80. The number of nitrogens with one attached hydrogen (secondary N) is 1. The van der Waals surface area contributed by atoms with Crippen LogP contribution in [0.3, 0.4) is 0 Å². The number of likely N-dealkylation sites (N-methyl/N-ethyl adjacent to an activating group) is 1. The number of carbonyl (C=O) groups is 3. The fourth-order valence-electron chi connectivity index (χ4n) is 3.18. The van der Waals surface area contributed by atoms with E-state index in [2.05, 4.69) is 5.32 Å². The molecule has 3 amide bonds. The highest BCUT2D eigenvalue weighted by Crippen LogP contribution is 2.34. The summed E-state index contributed by atoms with van der Waals surface area (Å²) in [5.74, 6) is -0.0500. The van der Waals surface area contributed by atoms with E-state index < -0.39 is 0 Å². The van der Waals surface area contributed by atoms with E-state index in [1.807, 2.05) is 56.3 Å². The number of carbonyl (C=O) groups excluding carboxylic acids is 3. The van der Waals surface area contributed by atoms with Crippen molar-refractivity contribution in [3.05, 3.63) is 53.6 Å². The zero-order chi connectivity index (χ0) is 21.0. The standard InChI is InChI=1S/C22H25N3O3S/c1-15-7-6-8-17(16(15)2)23-20(26)13-24(3)21(27)11-12-25-18-9-4-5-10-19(18)29-14-22(25)28/h4-10H,11-14H2,1-3H3,(H,23,26). The number of nitrogens with zero attached hydrogens (tertiary/aromatic N) is 2. The second kappa shape index (κ2) is 9.13. The van der Waals surface area contributed by atoms with Crippen molar-refractivity contribution < 1.29 is 14.4 Å². The zero-order valence-corrected chi connectivity index (χ0v) is 17.7. The molecule has 0 fully saturated rings. The van der Waals surface area contributed by atoms with Gasteiger partial charge in [0, 0.05) is 30.6 Å². The van der Waals surface area contributed by atoms with Crippen molar-refractivity contribution in [3.63, 3.8) is 0 Å². The van der Waals surface area contributed by atoms with Gasteiger partial charge in [-0.3, -0.25) is 14.4 Å². The van der Waals surface area contributed by atoms with Crippen LogP contribution in [0.1, 0.15) is 17.5 Å². The van der Waals surface area contributed by atoms with E-state index >= 15 is 0 Å².